The van der Waals surface area contributed by atoms with E-state index in [0.717, 1.165) is 31.0 Å². The maximum atomic E-state index is 5.93. The van der Waals surface area contributed by atoms with Crippen LogP contribution in [0.25, 0.3) is 0 Å². The summed E-state index contributed by atoms with van der Waals surface area (Å²) in [7, 11) is 0. The molecular weight excluding hydrogens is 198 g/mol. The second kappa shape index (κ2) is 5.48. The molecule has 1 unspecified atom stereocenters. The average molecular weight is 221 g/mol. The minimum Gasteiger partial charge on any atom is -0.337 e. The summed E-state index contributed by atoms with van der Waals surface area (Å²) in [5, 5.41) is 0. The molecule has 0 spiro atoms. The fourth-order valence-electron chi connectivity index (χ4n) is 2.52. The number of nitrogens with zero attached hydrogens (tertiary/aromatic N) is 2. The third-order valence-electron chi connectivity index (χ3n) is 3.63. The van der Waals surface area contributed by atoms with E-state index in [4.69, 9.17) is 5.73 Å². The summed E-state index contributed by atoms with van der Waals surface area (Å²) in [5.41, 5.74) is 7.07. The van der Waals surface area contributed by atoms with Gasteiger partial charge in [-0.15, -0.1) is 0 Å². The molecule has 1 aliphatic carbocycles. The van der Waals surface area contributed by atoms with E-state index in [1.54, 1.807) is 0 Å². The van der Waals surface area contributed by atoms with Gasteiger partial charge in [0.05, 0.1) is 12.0 Å². The Balaban J connectivity index is 1.86. The Kier molecular flexibility index (Phi) is 3.99. The van der Waals surface area contributed by atoms with Crippen LogP contribution in [-0.4, -0.2) is 15.6 Å². The van der Waals surface area contributed by atoms with E-state index in [1.165, 1.54) is 25.7 Å². The van der Waals surface area contributed by atoms with Crippen molar-refractivity contribution in [1.82, 2.24) is 9.55 Å². The smallest absolute Gasteiger partial charge is 0.0949 e. The van der Waals surface area contributed by atoms with Crippen molar-refractivity contribution in [1.29, 1.82) is 0 Å². The molecule has 3 nitrogen and oxygen atoms in total. The van der Waals surface area contributed by atoms with Crippen LogP contribution in [0.5, 0.6) is 0 Å². The summed E-state index contributed by atoms with van der Waals surface area (Å²) in [6.45, 7) is 3.27. The van der Waals surface area contributed by atoms with E-state index in [-0.39, 0.29) is 6.04 Å². The Morgan fingerprint density at radius 1 is 1.50 bits per heavy atom. The van der Waals surface area contributed by atoms with Gasteiger partial charge in [0.15, 0.2) is 0 Å². The van der Waals surface area contributed by atoms with E-state index < -0.39 is 0 Å². The van der Waals surface area contributed by atoms with Gasteiger partial charge >= 0.3 is 0 Å². The molecule has 16 heavy (non-hydrogen) atoms. The first-order valence-electron chi connectivity index (χ1n) is 6.54. The highest BCUT2D eigenvalue weighted by Gasteiger charge is 2.15. The molecule has 2 rings (SSSR count). The number of imidazole rings is 1. The molecule has 90 valence electrons. The number of rotatable bonds is 5. The summed E-state index contributed by atoms with van der Waals surface area (Å²) in [5.74, 6) is 0.877. The molecule has 1 fully saturated rings. The standard InChI is InChI=1S/C13H23N3/c1-2-12(14)7-13-9-16(10-15-13)8-11-5-3-4-6-11/h9-12H,2-8,14H2,1H3. The number of nitrogens with two attached hydrogens (primary N) is 1. The molecule has 0 bridgehead atoms. The molecule has 1 atom stereocenters. The second-order valence-electron chi connectivity index (χ2n) is 5.08. The highest BCUT2D eigenvalue weighted by Crippen LogP contribution is 2.26. The van der Waals surface area contributed by atoms with Crippen LogP contribution in [0, 0.1) is 5.92 Å². The van der Waals surface area contributed by atoms with Gasteiger partial charge in [0.1, 0.15) is 0 Å². The zero-order valence-electron chi connectivity index (χ0n) is 10.2. The Hall–Kier alpha value is -0.830. The van der Waals surface area contributed by atoms with Crippen LogP contribution in [0.15, 0.2) is 12.5 Å². The van der Waals surface area contributed by atoms with Gasteiger partial charge in [0.2, 0.25) is 0 Å². The quantitative estimate of drug-likeness (QED) is 0.829. The van der Waals surface area contributed by atoms with Crippen molar-refractivity contribution in [3.63, 3.8) is 0 Å². The first-order chi connectivity index (χ1) is 7.78. The maximum Gasteiger partial charge on any atom is 0.0949 e. The average Bonchev–Trinajstić information content (AvgIpc) is 2.91. The minimum absolute atomic E-state index is 0.259. The maximum absolute atomic E-state index is 5.93. The predicted octanol–water partition coefficient (Wildman–Crippen LogP) is 2.35. The fourth-order valence-corrected chi connectivity index (χ4v) is 2.52. The van der Waals surface area contributed by atoms with Crippen LogP contribution in [-0.2, 0) is 13.0 Å². The van der Waals surface area contributed by atoms with E-state index >= 15 is 0 Å². The second-order valence-corrected chi connectivity index (χ2v) is 5.08. The van der Waals surface area contributed by atoms with Crippen LogP contribution < -0.4 is 5.73 Å². The highest BCUT2D eigenvalue weighted by molar-refractivity contribution is 4.99. The first-order valence-corrected chi connectivity index (χ1v) is 6.54. The van der Waals surface area contributed by atoms with Crippen molar-refractivity contribution < 1.29 is 0 Å². The number of hydrogen-bond acceptors (Lipinski definition) is 2. The summed E-state index contributed by atoms with van der Waals surface area (Å²) in [6.07, 6.45) is 11.7. The predicted molar refractivity (Wildman–Crippen MR) is 66.2 cm³/mol. The van der Waals surface area contributed by atoms with Crippen molar-refractivity contribution in [2.45, 2.75) is 58.0 Å². The normalized spacial score (nSPS) is 19.1. The van der Waals surface area contributed by atoms with Crippen molar-refractivity contribution in [3.05, 3.63) is 18.2 Å². The van der Waals surface area contributed by atoms with Crippen LogP contribution in [0.3, 0.4) is 0 Å². The molecular formula is C13H23N3. The molecule has 0 saturated heterocycles. The van der Waals surface area contributed by atoms with Gasteiger partial charge in [-0.05, 0) is 25.2 Å². The van der Waals surface area contributed by atoms with Crippen molar-refractivity contribution in [2.24, 2.45) is 11.7 Å². The molecule has 0 aromatic carbocycles. The van der Waals surface area contributed by atoms with E-state index in [2.05, 4.69) is 22.7 Å². The molecule has 0 radical (unpaired) electrons. The van der Waals surface area contributed by atoms with E-state index in [9.17, 15) is 0 Å². The van der Waals surface area contributed by atoms with Crippen LogP contribution >= 0.6 is 0 Å². The lowest BCUT2D eigenvalue weighted by Gasteiger charge is -2.09. The van der Waals surface area contributed by atoms with Gasteiger partial charge in [0.25, 0.3) is 0 Å². The summed E-state index contributed by atoms with van der Waals surface area (Å²) in [6, 6.07) is 0.259. The monoisotopic (exact) mass is 221 g/mol. The molecule has 1 heterocycles. The summed E-state index contributed by atoms with van der Waals surface area (Å²) in [4.78, 5) is 4.43. The molecule has 1 saturated carbocycles. The SMILES string of the molecule is CCC(N)Cc1cn(CC2CCCC2)cn1. The van der Waals surface area contributed by atoms with E-state index in [0.29, 0.717) is 0 Å². The summed E-state index contributed by atoms with van der Waals surface area (Å²) < 4.78 is 2.24. The van der Waals surface area contributed by atoms with Gasteiger partial charge < -0.3 is 10.3 Å². The molecule has 0 amide bonds. The van der Waals surface area contributed by atoms with Crippen LogP contribution in [0.1, 0.15) is 44.7 Å². The van der Waals surface area contributed by atoms with E-state index in [1.807, 2.05) is 6.33 Å². The van der Waals surface area contributed by atoms with Crippen LogP contribution in [0.2, 0.25) is 0 Å². The lowest BCUT2D eigenvalue weighted by molar-refractivity contribution is 0.457. The van der Waals surface area contributed by atoms with Crippen LogP contribution in [0.4, 0.5) is 0 Å². The number of aromatic nitrogens is 2. The zero-order valence-corrected chi connectivity index (χ0v) is 10.2. The molecule has 2 N–H and O–H groups in total. The third-order valence-corrected chi connectivity index (χ3v) is 3.63. The summed E-state index contributed by atoms with van der Waals surface area (Å²) >= 11 is 0. The lowest BCUT2D eigenvalue weighted by Crippen LogP contribution is -2.21. The Labute approximate surface area is 98.1 Å². The third kappa shape index (κ3) is 3.08. The van der Waals surface area contributed by atoms with Gasteiger partial charge in [-0.25, -0.2) is 4.98 Å². The minimum atomic E-state index is 0.259. The molecule has 0 aliphatic heterocycles. The highest BCUT2D eigenvalue weighted by atomic mass is 15.0. The topological polar surface area (TPSA) is 43.8 Å². The molecule has 1 aliphatic rings. The van der Waals surface area contributed by atoms with Gasteiger partial charge in [0, 0.05) is 25.2 Å². The zero-order chi connectivity index (χ0) is 11.4. The van der Waals surface area contributed by atoms with Crippen molar-refractivity contribution in [2.75, 3.05) is 0 Å². The molecule has 1 aromatic rings. The van der Waals surface area contributed by atoms with Crippen molar-refractivity contribution >= 4 is 0 Å². The Morgan fingerprint density at radius 3 is 2.94 bits per heavy atom. The Morgan fingerprint density at radius 2 is 2.25 bits per heavy atom. The largest absolute Gasteiger partial charge is 0.337 e. The Bertz CT molecular complexity index is 313. The molecule has 3 heteroatoms. The van der Waals surface area contributed by atoms with Gasteiger partial charge in [-0.2, -0.15) is 0 Å². The molecule has 1 aromatic heterocycles. The van der Waals surface area contributed by atoms with Crippen molar-refractivity contribution in [3.8, 4) is 0 Å². The fraction of sp³-hybridized carbons (Fsp3) is 0.769. The number of hydrogen-bond donors (Lipinski definition) is 1. The van der Waals surface area contributed by atoms with Gasteiger partial charge in [-0.3, -0.25) is 0 Å². The van der Waals surface area contributed by atoms with Gasteiger partial charge in [-0.1, -0.05) is 19.8 Å². The lowest BCUT2D eigenvalue weighted by atomic mass is 10.1. The first kappa shape index (κ1) is 11.6.